The molecule has 38 heavy (non-hydrogen) atoms. The van der Waals surface area contributed by atoms with E-state index >= 15 is 0 Å². The number of halogens is 3. The maximum absolute atomic E-state index is 13.4. The molecule has 1 fully saturated rings. The molecule has 0 spiro atoms. The predicted octanol–water partition coefficient (Wildman–Crippen LogP) is 1.53. The highest BCUT2D eigenvalue weighted by Gasteiger charge is 2.35. The van der Waals surface area contributed by atoms with E-state index in [2.05, 4.69) is 5.32 Å². The van der Waals surface area contributed by atoms with E-state index in [0.717, 1.165) is 15.2 Å². The predicted molar refractivity (Wildman–Crippen MR) is 130 cm³/mol. The topological polar surface area (TPSA) is 135 Å². The second-order valence-corrected chi connectivity index (χ2v) is 8.81. The third kappa shape index (κ3) is 6.37. The molecule has 3 N–H and O–H groups in total. The van der Waals surface area contributed by atoms with Crippen LogP contribution in [0.15, 0.2) is 46.0 Å². The fourth-order valence-electron chi connectivity index (χ4n) is 3.93. The highest BCUT2D eigenvalue weighted by molar-refractivity contribution is 5.95. The first-order chi connectivity index (χ1) is 17.8. The van der Waals surface area contributed by atoms with Gasteiger partial charge in [-0.25, -0.2) is 4.79 Å². The van der Waals surface area contributed by atoms with Crippen molar-refractivity contribution in [3.63, 3.8) is 0 Å². The molecule has 1 aromatic carbocycles. The normalized spacial score (nSPS) is 18.4. The summed E-state index contributed by atoms with van der Waals surface area (Å²) in [6, 6.07) is 3.30. The van der Waals surface area contributed by atoms with Crippen molar-refractivity contribution in [2.24, 2.45) is 0 Å². The van der Waals surface area contributed by atoms with Crippen LogP contribution in [0.5, 0.6) is 0 Å². The van der Waals surface area contributed by atoms with Crippen molar-refractivity contribution in [2.75, 3.05) is 38.8 Å². The van der Waals surface area contributed by atoms with Crippen molar-refractivity contribution in [1.82, 2.24) is 14.5 Å². The second kappa shape index (κ2) is 11.7. The van der Waals surface area contributed by atoms with E-state index in [9.17, 15) is 32.7 Å². The van der Waals surface area contributed by atoms with Gasteiger partial charge in [-0.1, -0.05) is 0 Å². The van der Waals surface area contributed by atoms with Crippen LogP contribution < -0.4 is 21.5 Å². The Balaban J connectivity index is 1.56. The molecule has 1 aromatic heterocycles. The molecule has 14 heteroatoms. The number of anilines is 1. The molecule has 1 aliphatic heterocycles. The Bertz CT molecular complexity index is 1320. The lowest BCUT2D eigenvalue weighted by Crippen LogP contribution is -2.43. The number of hydrogen-bond donors (Lipinski definition) is 3. The molecule has 1 aliphatic rings. The summed E-state index contributed by atoms with van der Waals surface area (Å²) in [7, 11) is 2.94. The van der Waals surface area contributed by atoms with Gasteiger partial charge in [0, 0.05) is 50.1 Å². The standard InChI is InChI=1S/C24H29F3N4O7/c1-14-12-31(20-11-18(33)19(13-32)38-20)23(36)30(22(14)35)7-9-37-8-6-28-21(34)15-4-5-17(29(2)3)16(10-15)24(25,26)27/h4-5,10,12-13,18,20,32-33H,6-9,11H2,1-3H3,(H,28,34)/t18-,20+/m0/s1. The Morgan fingerprint density at radius 3 is 2.61 bits per heavy atom. The number of aromatic nitrogens is 2. The summed E-state index contributed by atoms with van der Waals surface area (Å²) in [5.41, 5.74) is -2.15. The molecule has 0 radical (unpaired) electrons. The Labute approximate surface area is 215 Å². The van der Waals surface area contributed by atoms with Gasteiger partial charge >= 0.3 is 11.9 Å². The van der Waals surface area contributed by atoms with Crippen LogP contribution in [-0.4, -0.2) is 65.2 Å². The monoisotopic (exact) mass is 542 g/mol. The molecular weight excluding hydrogens is 513 g/mol. The number of aliphatic hydroxyl groups is 2. The zero-order chi connectivity index (χ0) is 28.2. The number of benzene rings is 1. The Kier molecular flexibility index (Phi) is 8.89. The lowest BCUT2D eigenvalue weighted by molar-refractivity contribution is -0.137. The second-order valence-electron chi connectivity index (χ2n) is 8.81. The fourth-order valence-corrected chi connectivity index (χ4v) is 3.93. The number of ether oxygens (including phenoxy) is 2. The van der Waals surface area contributed by atoms with Gasteiger partial charge in [-0.05, 0) is 25.1 Å². The van der Waals surface area contributed by atoms with Gasteiger partial charge in [0.1, 0.15) is 12.4 Å². The van der Waals surface area contributed by atoms with Crippen molar-refractivity contribution < 1.29 is 37.7 Å². The molecule has 0 bridgehead atoms. The Morgan fingerprint density at radius 2 is 2.00 bits per heavy atom. The van der Waals surface area contributed by atoms with Gasteiger partial charge in [0.2, 0.25) is 0 Å². The van der Waals surface area contributed by atoms with E-state index in [4.69, 9.17) is 14.6 Å². The van der Waals surface area contributed by atoms with Gasteiger partial charge < -0.3 is 29.9 Å². The SMILES string of the molecule is Cc1cn([C@H]2C[C@H](O)C(=CO)O2)c(=O)n(CCOCCNC(=O)c2ccc(N(C)C)c(C(F)(F)F)c2)c1=O. The maximum Gasteiger partial charge on any atom is 0.418 e. The van der Waals surface area contributed by atoms with Crippen molar-refractivity contribution in [3.8, 4) is 0 Å². The summed E-state index contributed by atoms with van der Waals surface area (Å²) in [5.74, 6) is -0.803. The molecule has 0 unspecified atom stereocenters. The Morgan fingerprint density at radius 1 is 1.29 bits per heavy atom. The van der Waals surface area contributed by atoms with E-state index in [0.29, 0.717) is 6.26 Å². The molecule has 1 saturated heterocycles. The van der Waals surface area contributed by atoms with Gasteiger partial charge in [-0.15, -0.1) is 0 Å². The highest BCUT2D eigenvalue weighted by Crippen LogP contribution is 2.36. The largest absolute Gasteiger partial charge is 0.512 e. The third-order valence-corrected chi connectivity index (χ3v) is 5.87. The number of alkyl halides is 3. The van der Waals surface area contributed by atoms with Crippen LogP contribution in [0, 0.1) is 6.92 Å². The third-order valence-electron chi connectivity index (χ3n) is 5.87. The Hall–Kier alpha value is -3.78. The number of carbonyl (C=O) groups excluding carboxylic acids is 1. The van der Waals surface area contributed by atoms with Crippen LogP contribution in [0.3, 0.4) is 0 Å². The lowest BCUT2D eigenvalue weighted by atomic mass is 10.1. The first-order valence-electron chi connectivity index (χ1n) is 11.6. The van der Waals surface area contributed by atoms with E-state index in [1.807, 2.05) is 0 Å². The van der Waals surface area contributed by atoms with Gasteiger partial charge in [-0.3, -0.25) is 18.7 Å². The smallest absolute Gasteiger partial charge is 0.418 e. The first kappa shape index (κ1) is 28.8. The summed E-state index contributed by atoms with van der Waals surface area (Å²) in [6.45, 7) is 1.28. The minimum absolute atomic E-state index is 0.00246. The number of amides is 1. The number of nitrogens with one attached hydrogen (secondary N) is 1. The molecule has 0 saturated carbocycles. The van der Waals surface area contributed by atoms with Crippen LogP contribution in [0.25, 0.3) is 0 Å². The quantitative estimate of drug-likeness (QED) is 0.321. The zero-order valence-corrected chi connectivity index (χ0v) is 21.0. The van der Waals surface area contributed by atoms with Crippen LogP contribution in [0.4, 0.5) is 18.9 Å². The van der Waals surface area contributed by atoms with Crippen LogP contribution >= 0.6 is 0 Å². The van der Waals surface area contributed by atoms with Crippen molar-refractivity contribution in [1.29, 1.82) is 0 Å². The molecule has 208 valence electrons. The summed E-state index contributed by atoms with van der Waals surface area (Å²) in [5, 5.41) is 21.5. The number of nitrogens with zero attached hydrogens (tertiary/aromatic N) is 3. The summed E-state index contributed by atoms with van der Waals surface area (Å²) >= 11 is 0. The summed E-state index contributed by atoms with van der Waals surface area (Å²) in [6.07, 6.45) is -4.72. The number of aliphatic hydroxyl groups excluding tert-OH is 2. The van der Waals surface area contributed by atoms with Gasteiger partial charge in [0.15, 0.2) is 12.0 Å². The number of aryl methyl sites for hydroxylation is 1. The first-order valence-corrected chi connectivity index (χ1v) is 11.6. The molecule has 2 aromatic rings. The number of rotatable bonds is 9. The molecule has 3 rings (SSSR count). The lowest BCUT2D eigenvalue weighted by Gasteiger charge is -2.20. The molecule has 1 amide bonds. The highest BCUT2D eigenvalue weighted by atomic mass is 19.4. The molecule has 2 atom stereocenters. The average Bonchev–Trinajstić information content (AvgIpc) is 3.24. The molecule has 2 heterocycles. The van der Waals surface area contributed by atoms with E-state index in [-0.39, 0.29) is 55.3 Å². The number of carbonyl (C=O) groups is 1. The molecule has 11 nitrogen and oxygen atoms in total. The minimum atomic E-state index is -4.63. The number of hydrogen-bond acceptors (Lipinski definition) is 8. The summed E-state index contributed by atoms with van der Waals surface area (Å²) in [4.78, 5) is 39.0. The summed E-state index contributed by atoms with van der Waals surface area (Å²) < 4.78 is 53.0. The van der Waals surface area contributed by atoms with Gasteiger partial charge in [0.25, 0.3) is 11.5 Å². The van der Waals surface area contributed by atoms with E-state index in [1.54, 1.807) is 0 Å². The van der Waals surface area contributed by atoms with Crippen molar-refractivity contribution in [2.45, 2.75) is 38.4 Å². The van der Waals surface area contributed by atoms with Crippen LogP contribution in [-0.2, 0) is 22.2 Å². The van der Waals surface area contributed by atoms with Crippen LogP contribution in [0.2, 0.25) is 0 Å². The van der Waals surface area contributed by atoms with Crippen molar-refractivity contribution in [3.05, 3.63) is 73.9 Å². The molecule has 0 aliphatic carbocycles. The van der Waals surface area contributed by atoms with Crippen molar-refractivity contribution >= 4 is 11.6 Å². The average molecular weight is 543 g/mol. The maximum atomic E-state index is 13.4. The van der Waals surface area contributed by atoms with Gasteiger partial charge in [-0.2, -0.15) is 13.2 Å². The fraction of sp³-hybridized carbons (Fsp3) is 0.458. The van der Waals surface area contributed by atoms with Gasteiger partial charge in [0.05, 0.1) is 25.3 Å². The van der Waals surface area contributed by atoms with E-state index in [1.165, 1.54) is 44.2 Å². The minimum Gasteiger partial charge on any atom is -0.512 e. The van der Waals surface area contributed by atoms with Crippen LogP contribution in [0.1, 0.15) is 34.1 Å². The zero-order valence-electron chi connectivity index (χ0n) is 21.0. The molecular formula is C24H29F3N4O7. The van der Waals surface area contributed by atoms with E-state index < -0.39 is 41.2 Å².